The summed E-state index contributed by atoms with van der Waals surface area (Å²) in [5.41, 5.74) is 5.52. The molecule has 0 radical (unpaired) electrons. The van der Waals surface area contributed by atoms with Crippen LogP contribution in [0.5, 0.6) is 0 Å². The van der Waals surface area contributed by atoms with Crippen molar-refractivity contribution in [2.24, 2.45) is 5.92 Å². The third-order valence-corrected chi connectivity index (χ3v) is 7.92. The van der Waals surface area contributed by atoms with Crippen molar-refractivity contribution in [3.05, 3.63) is 59.2 Å². The Bertz CT molecular complexity index is 969. The summed E-state index contributed by atoms with van der Waals surface area (Å²) in [5.74, 6) is 1.07. The van der Waals surface area contributed by atoms with Gasteiger partial charge in [-0.3, -0.25) is 4.79 Å². The Kier molecular flexibility index (Phi) is 8.99. The molecule has 0 aromatic heterocycles. The van der Waals surface area contributed by atoms with Crippen LogP contribution in [0.2, 0.25) is 0 Å². The minimum Gasteiger partial charge on any atom is -0.368 e. The summed E-state index contributed by atoms with van der Waals surface area (Å²) < 4.78 is 0. The van der Waals surface area contributed by atoms with Gasteiger partial charge in [0.25, 0.3) is 0 Å². The molecule has 2 aromatic carbocycles. The number of likely N-dealkylation sites (tertiary alicyclic amines) is 1. The second-order valence-electron chi connectivity index (χ2n) is 10.8. The van der Waals surface area contributed by atoms with Crippen LogP contribution in [0.1, 0.15) is 67.6 Å². The van der Waals surface area contributed by atoms with E-state index >= 15 is 0 Å². The van der Waals surface area contributed by atoms with E-state index in [9.17, 15) is 15.0 Å². The van der Waals surface area contributed by atoms with Crippen LogP contribution in [0, 0.1) is 5.92 Å². The average Bonchev–Trinajstić information content (AvgIpc) is 2.85. The van der Waals surface area contributed by atoms with Gasteiger partial charge in [-0.1, -0.05) is 61.7 Å². The molecule has 1 amide bonds. The van der Waals surface area contributed by atoms with E-state index in [1.165, 1.54) is 37.7 Å². The highest BCUT2D eigenvalue weighted by Gasteiger charge is 2.27. The highest BCUT2D eigenvalue weighted by molar-refractivity contribution is 5.83. The van der Waals surface area contributed by atoms with Gasteiger partial charge in [0.2, 0.25) is 5.91 Å². The topological polar surface area (TPSA) is 64.0 Å². The number of benzene rings is 2. The molecule has 1 saturated heterocycles. The summed E-state index contributed by atoms with van der Waals surface area (Å²) >= 11 is 0. The SMILES string of the molecule is CN1CCCC(CN(C)C(=O)Cc2ccc(CC(O)O)c(C3CCCCC3)c2-c2ccccc2)C1. The van der Waals surface area contributed by atoms with Crippen molar-refractivity contribution in [2.75, 3.05) is 33.7 Å². The molecule has 190 valence electrons. The number of carbonyl (C=O) groups is 1. The molecule has 4 rings (SSSR count). The van der Waals surface area contributed by atoms with E-state index in [4.69, 9.17) is 0 Å². The highest BCUT2D eigenvalue weighted by atomic mass is 16.5. The van der Waals surface area contributed by atoms with Crippen LogP contribution in [0.3, 0.4) is 0 Å². The van der Waals surface area contributed by atoms with Crippen molar-refractivity contribution >= 4 is 5.91 Å². The number of carbonyl (C=O) groups excluding carboxylic acids is 1. The molecule has 1 aliphatic carbocycles. The van der Waals surface area contributed by atoms with E-state index in [1.807, 2.05) is 42.3 Å². The van der Waals surface area contributed by atoms with Crippen molar-refractivity contribution in [2.45, 2.75) is 70.0 Å². The van der Waals surface area contributed by atoms with Crippen LogP contribution in [-0.4, -0.2) is 65.9 Å². The zero-order valence-electron chi connectivity index (χ0n) is 21.5. The summed E-state index contributed by atoms with van der Waals surface area (Å²) in [6.45, 7) is 3.00. The Morgan fingerprint density at radius 2 is 1.71 bits per heavy atom. The normalized spacial score (nSPS) is 19.7. The molecule has 35 heavy (non-hydrogen) atoms. The van der Waals surface area contributed by atoms with Gasteiger partial charge in [0, 0.05) is 26.6 Å². The van der Waals surface area contributed by atoms with Crippen LogP contribution in [0.25, 0.3) is 11.1 Å². The molecule has 1 atom stereocenters. The summed E-state index contributed by atoms with van der Waals surface area (Å²) in [6, 6.07) is 14.4. The molecule has 2 aliphatic rings. The van der Waals surface area contributed by atoms with Gasteiger partial charge in [0.15, 0.2) is 6.29 Å². The predicted octanol–water partition coefficient (Wildman–Crippen LogP) is 4.60. The fourth-order valence-electron chi connectivity index (χ4n) is 6.24. The largest absolute Gasteiger partial charge is 0.368 e. The smallest absolute Gasteiger partial charge is 0.226 e. The van der Waals surface area contributed by atoms with Gasteiger partial charge < -0.3 is 20.0 Å². The molecule has 2 aromatic rings. The molecule has 2 fully saturated rings. The van der Waals surface area contributed by atoms with Gasteiger partial charge in [-0.25, -0.2) is 0 Å². The minimum absolute atomic E-state index is 0.153. The number of nitrogens with zero attached hydrogens (tertiary/aromatic N) is 2. The Morgan fingerprint density at radius 1 is 1.00 bits per heavy atom. The van der Waals surface area contributed by atoms with Gasteiger partial charge in [-0.15, -0.1) is 0 Å². The number of hydrogen-bond donors (Lipinski definition) is 2. The first-order chi connectivity index (χ1) is 16.9. The number of rotatable bonds is 8. The lowest BCUT2D eigenvalue weighted by Crippen LogP contribution is -2.40. The molecule has 0 bridgehead atoms. The molecule has 1 unspecified atom stereocenters. The van der Waals surface area contributed by atoms with Crippen molar-refractivity contribution < 1.29 is 15.0 Å². The molecular weight excluding hydrogens is 436 g/mol. The van der Waals surface area contributed by atoms with Gasteiger partial charge >= 0.3 is 0 Å². The molecule has 1 saturated carbocycles. The molecule has 2 N–H and O–H groups in total. The van der Waals surface area contributed by atoms with Crippen LogP contribution in [0.15, 0.2) is 42.5 Å². The summed E-state index contributed by atoms with van der Waals surface area (Å²) in [4.78, 5) is 17.7. The summed E-state index contributed by atoms with van der Waals surface area (Å²) in [7, 11) is 4.11. The summed E-state index contributed by atoms with van der Waals surface area (Å²) in [5, 5.41) is 19.7. The van der Waals surface area contributed by atoms with Crippen molar-refractivity contribution in [3.63, 3.8) is 0 Å². The average molecular weight is 479 g/mol. The lowest BCUT2D eigenvalue weighted by atomic mass is 9.76. The van der Waals surface area contributed by atoms with E-state index in [-0.39, 0.29) is 12.3 Å². The number of aliphatic hydroxyl groups excluding tert-OH is 1. The molecule has 1 heterocycles. The lowest BCUT2D eigenvalue weighted by molar-refractivity contribution is -0.130. The molecular formula is C30H42N2O3. The van der Waals surface area contributed by atoms with Gasteiger partial charge in [0.1, 0.15) is 0 Å². The fourth-order valence-corrected chi connectivity index (χ4v) is 6.24. The zero-order chi connectivity index (χ0) is 24.8. The number of amides is 1. The molecule has 5 heteroatoms. The van der Waals surface area contributed by atoms with Crippen LogP contribution >= 0.6 is 0 Å². The van der Waals surface area contributed by atoms with E-state index in [0.717, 1.165) is 54.7 Å². The maximum Gasteiger partial charge on any atom is 0.226 e. The standard InChI is InChI=1S/C30H42N2O3/c1-31-17-9-10-22(20-31)21-32(2)27(33)18-25-15-16-26(19-28(34)35)30(24-13-7-4-8-14-24)29(25)23-11-5-3-6-12-23/h3,5-6,11-12,15-16,22,24,28,34-35H,4,7-10,13-14,17-21H2,1-2H3. The third-order valence-electron chi connectivity index (χ3n) is 7.92. The lowest BCUT2D eigenvalue weighted by Gasteiger charge is -2.33. The zero-order valence-corrected chi connectivity index (χ0v) is 21.5. The van der Waals surface area contributed by atoms with Gasteiger partial charge in [-0.05, 0) is 78.9 Å². The first-order valence-electron chi connectivity index (χ1n) is 13.4. The Balaban J connectivity index is 1.67. The van der Waals surface area contributed by atoms with Crippen LogP contribution in [-0.2, 0) is 17.6 Å². The third kappa shape index (κ3) is 6.72. The van der Waals surface area contributed by atoms with Gasteiger partial charge in [-0.2, -0.15) is 0 Å². The minimum atomic E-state index is -1.38. The predicted molar refractivity (Wildman–Crippen MR) is 141 cm³/mol. The van der Waals surface area contributed by atoms with Gasteiger partial charge in [0.05, 0.1) is 6.42 Å². The number of piperidine rings is 1. The Labute approximate surface area is 210 Å². The van der Waals surface area contributed by atoms with Crippen molar-refractivity contribution in [1.82, 2.24) is 9.80 Å². The Hall–Kier alpha value is -2.21. The number of aliphatic hydroxyl groups is 2. The first-order valence-corrected chi connectivity index (χ1v) is 13.4. The molecule has 1 aliphatic heterocycles. The van der Waals surface area contributed by atoms with E-state index in [1.54, 1.807) is 0 Å². The maximum atomic E-state index is 13.4. The van der Waals surface area contributed by atoms with E-state index < -0.39 is 6.29 Å². The number of hydrogen-bond acceptors (Lipinski definition) is 4. The second kappa shape index (κ2) is 12.2. The van der Waals surface area contributed by atoms with E-state index in [0.29, 0.717) is 18.3 Å². The van der Waals surface area contributed by atoms with Crippen molar-refractivity contribution in [3.8, 4) is 11.1 Å². The van der Waals surface area contributed by atoms with Crippen LogP contribution in [0.4, 0.5) is 0 Å². The second-order valence-corrected chi connectivity index (χ2v) is 10.8. The van der Waals surface area contributed by atoms with Crippen LogP contribution < -0.4 is 0 Å². The summed E-state index contributed by atoms with van der Waals surface area (Å²) in [6.07, 6.45) is 7.46. The van der Waals surface area contributed by atoms with E-state index in [2.05, 4.69) is 24.1 Å². The molecule has 0 spiro atoms. The quantitative estimate of drug-likeness (QED) is 0.545. The fraction of sp³-hybridized carbons (Fsp3) is 0.567. The first kappa shape index (κ1) is 25.9. The Morgan fingerprint density at radius 3 is 2.40 bits per heavy atom. The number of likely N-dealkylation sites (N-methyl/N-ethyl adjacent to an activating group) is 1. The monoisotopic (exact) mass is 478 g/mol. The maximum absolute atomic E-state index is 13.4. The highest BCUT2D eigenvalue weighted by Crippen LogP contribution is 2.42. The van der Waals surface area contributed by atoms with Crippen molar-refractivity contribution in [1.29, 1.82) is 0 Å². The molecule has 5 nitrogen and oxygen atoms in total.